The van der Waals surface area contributed by atoms with Crippen LogP contribution in [0.3, 0.4) is 0 Å². The first-order valence-electron chi connectivity index (χ1n) is 8.51. The van der Waals surface area contributed by atoms with Gasteiger partial charge in [-0.3, -0.25) is 4.94 Å². The lowest BCUT2D eigenvalue weighted by Crippen LogP contribution is -1.94. The molecule has 0 atom stereocenters. The van der Waals surface area contributed by atoms with Crippen LogP contribution in [0.5, 0.6) is 23.0 Å². The fraction of sp³-hybridized carbons (Fsp3) is 0.0909. The topological polar surface area (TPSA) is 61.1 Å². The van der Waals surface area contributed by atoms with Gasteiger partial charge in [0.2, 0.25) is 5.75 Å². The number of rotatable bonds is 5. The molecule has 1 aromatic heterocycles. The number of methoxy groups -OCH3 is 2. The van der Waals surface area contributed by atoms with Crippen LogP contribution >= 0.6 is 0 Å². The molecule has 0 amide bonds. The van der Waals surface area contributed by atoms with Crippen molar-refractivity contribution in [1.29, 1.82) is 0 Å². The van der Waals surface area contributed by atoms with Gasteiger partial charge in [0.25, 0.3) is 0 Å². The molecule has 0 aliphatic carbocycles. The SMILES string of the molecule is COc1c(-c2cccc(-c3cccc(OF)c3)c2)c(O)c(OC)c2occc12. The van der Waals surface area contributed by atoms with E-state index in [4.69, 9.17) is 13.9 Å². The minimum atomic E-state index is -0.0835. The van der Waals surface area contributed by atoms with Crippen molar-refractivity contribution >= 4 is 11.0 Å². The second-order valence-electron chi connectivity index (χ2n) is 6.14. The number of furan rings is 1. The van der Waals surface area contributed by atoms with Crippen LogP contribution in [0.1, 0.15) is 0 Å². The summed E-state index contributed by atoms with van der Waals surface area (Å²) in [5.41, 5.74) is 3.19. The van der Waals surface area contributed by atoms with Gasteiger partial charge in [-0.2, -0.15) is 0 Å². The molecule has 1 N–H and O–H groups in total. The second-order valence-corrected chi connectivity index (χ2v) is 6.14. The highest BCUT2D eigenvalue weighted by molar-refractivity contribution is 6.00. The summed E-state index contributed by atoms with van der Waals surface area (Å²) in [6.45, 7) is 0. The lowest BCUT2D eigenvalue weighted by molar-refractivity contribution is -0.00614. The Bertz CT molecular complexity index is 1150. The zero-order valence-corrected chi connectivity index (χ0v) is 15.2. The van der Waals surface area contributed by atoms with Crippen molar-refractivity contribution in [3.05, 3.63) is 60.9 Å². The standard InChI is InChI=1S/C22H17FO5/c1-25-20-17-9-10-27-21(17)22(26-2)19(24)18(20)15-7-3-5-13(11-15)14-6-4-8-16(12-14)28-23/h3-12,24H,1-2H3. The molecule has 0 saturated carbocycles. The summed E-state index contributed by atoms with van der Waals surface area (Å²) in [6, 6.07) is 15.9. The summed E-state index contributed by atoms with van der Waals surface area (Å²) in [7, 11) is 3.00. The predicted molar refractivity (Wildman–Crippen MR) is 104 cm³/mol. The molecule has 6 heteroatoms. The number of halogens is 1. The second kappa shape index (κ2) is 7.15. The van der Waals surface area contributed by atoms with Crippen molar-refractivity contribution in [1.82, 2.24) is 0 Å². The Kier molecular flexibility index (Phi) is 4.53. The third kappa shape index (κ3) is 2.79. The van der Waals surface area contributed by atoms with Gasteiger partial charge in [-0.05, 0) is 41.0 Å². The minimum absolute atomic E-state index is 0.0835. The monoisotopic (exact) mass is 380 g/mol. The maximum absolute atomic E-state index is 12.5. The minimum Gasteiger partial charge on any atom is -0.504 e. The van der Waals surface area contributed by atoms with Gasteiger partial charge in [-0.25, -0.2) is 0 Å². The van der Waals surface area contributed by atoms with E-state index < -0.39 is 0 Å². The maximum Gasteiger partial charge on any atom is 0.205 e. The molecule has 5 nitrogen and oxygen atoms in total. The molecule has 4 rings (SSSR count). The number of aromatic hydroxyl groups is 1. The van der Waals surface area contributed by atoms with E-state index in [9.17, 15) is 9.63 Å². The molecule has 0 fully saturated rings. The van der Waals surface area contributed by atoms with E-state index >= 15 is 0 Å². The van der Waals surface area contributed by atoms with Crippen LogP contribution in [0.25, 0.3) is 33.2 Å². The smallest absolute Gasteiger partial charge is 0.205 e. The van der Waals surface area contributed by atoms with E-state index in [2.05, 4.69) is 4.94 Å². The Morgan fingerprint density at radius 3 is 2.25 bits per heavy atom. The quantitative estimate of drug-likeness (QED) is 0.477. The third-order valence-corrected chi connectivity index (χ3v) is 4.61. The number of benzene rings is 3. The van der Waals surface area contributed by atoms with Crippen molar-refractivity contribution in [3.63, 3.8) is 0 Å². The van der Waals surface area contributed by atoms with E-state index in [-0.39, 0.29) is 17.2 Å². The molecule has 28 heavy (non-hydrogen) atoms. The number of phenolic OH excluding ortho intramolecular Hbond substituents is 1. The molecule has 0 saturated heterocycles. The number of phenols is 1. The molecule has 142 valence electrons. The fourth-order valence-corrected chi connectivity index (χ4v) is 3.37. The Morgan fingerprint density at radius 2 is 1.54 bits per heavy atom. The van der Waals surface area contributed by atoms with Crippen LogP contribution in [0.15, 0.2) is 65.3 Å². The van der Waals surface area contributed by atoms with Gasteiger partial charge in [0.15, 0.2) is 17.1 Å². The van der Waals surface area contributed by atoms with Crippen molar-refractivity contribution < 1.29 is 28.5 Å². The largest absolute Gasteiger partial charge is 0.504 e. The average molecular weight is 380 g/mol. The summed E-state index contributed by atoms with van der Waals surface area (Å²) >= 11 is 0. The Labute approximate surface area is 160 Å². The Morgan fingerprint density at radius 1 is 0.857 bits per heavy atom. The van der Waals surface area contributed by atoms with E-state index in [1.807, 2.05) is 30.3 Å². The maximum atomic E-state index is 12.5. The molecule has 0 spiro atoms. The molecular weight excluding hydrogens is 363 g/mol. The zero-order chi connectivity index (χ0) is 19.7. The van der Waals surface area contributed by atoms with Crippen LogP contribution in [-0.2, 0) is 0 Å². The molecular formula is C22H17FO5. The van der Waals surface area contributed by atoms with Crippen LogP contribution in [0.2, 0.25) is 0 Å². The predicted octanol–water partition coefficient (Wildman–Crippen LogP) is 5.75. The first-order valence-corrected chi connectivity index (χ1v) is 8.51. The van der Waals surface area contributed by atoms with Crippen LogP contribution in [-0.4, -0.2) is 19.3 Å². The van der Waals surface area contributed by atoms with Gasteiger partial charge in [0, 0.05) is 4.53 Å². The number of hydrogen-bond acceptors (Lipinski definition) is 5. The van der Waals surface area contributed by atoms with E-state index in [1.165, 1.54) is 26.5 Å². The Hall–Kier alpha value is -3.67. The van der Waals surface area contributed by atoms with Crippen molar-refractivity contribution in [2.24, 2.45) is 0 Å². The van der Waals surface area contributed by atoms with Gasteiger partial charge >= 0.3 is 0 Å². The van der Waals surface area contributed by atoms with Gasteiger partial charge in [-0.15, -0.1) is 0 Å². The van der Waals surface area contributed by atoms with Crippen molar-refractivity contribution in [2.75, 3.05) is 14.2 Å². The molecule has 0 unspecified atom stereocenters. The van der Waals surface area contributed by atoms with Crippen molar-refractivity contribution in [2.45, 2.75) is 0 Å². The summed E-state index contributed by atoms with van der Waals surface area (Å²) < 4.78 is 29.0. The van der Waals surface area contributed by atoms with Crippen LogP contribution < -0.4 is 14.4 Å². The number of hydrogen-bond donors (Lipinski definition) is 1. The Balaban J connectivity index is 1.95. The van der Waals surface area contributed by atoms with E-state index in [0.29, 0.717) is 27.8 Å². The molecule has 3 aromatic carbocycles. The number of fused-ring (bicyclic) bond motifs is 1. The average Bonchev–Trinajstić information content (AvgIpc) is 3.22. The molecule has 0 bridgehead atoms. The lowest BCUT2D eigenvalue weighted by atomic mass is 9.96. The molecule has 0 aliphatic heterocycles. The highest BCUT2D eigenvalue weighted by Crippen LogP contribution is 2.50. The summed E-state index contributed by atoms with van der Waals surface area (Å²) in [4.78, 5) is 3.83. The highest BCUT2D eigenvalue weighted by Gasteiger charge is 2.24. The first kappa shape index (κ1) is 17.7. The van der Waals surface area contributed by atoms with Gasteiger partial charge in [0.1, 0.15) is 5.75 Å². The molecule has 4 aromatic rings. The first-order chi connectivity index (χ1) is 13.7. The van der Waals surface area contributed by atoms with Crippen LogP contribution in [0.4, 0.5) is 4.53 Å². The van der Waals surface area contributed by atoms with E-state index in [1.54, 1.807) is 18.2 Å². The van der Waals surface area contributed by atoms with Gasteiger partial charge < -0.3 is 19.0 Å². The van der Waals surface area contributed by atoms with E-state index in [0.717, 1.165) is 11.1 Å². The molecule has 0 radical (unpaired) electrons. The summed E-state index contributed by atoms with van der Waals surface area (Å²) in [5.74, 6) is 0.735. The highest BCUT2D eigenvalue weighted by atomic mass is 19.3. The summed E-state index contributed by atoms with van der Waals surface area (Å²) in [6.07, 6.45) is 1.51. The normalized spacial score (nSPS) is 10.8. The fourth-order valence-electron chi connectivity index (χ4n) is 3.37. The van der Waals surface area contributed by atoms with Crippen LogP contribution in [0, 0.1) is 0 Å². The third-order valence-electron chi connectivity index (χ3n) is 4.61. The van der Waals surface area contributed by atoms with Gasteiger partial charge in [-0.1, -0.05) is 30.3 Å². The zero-order valence-electron chi connectivity index (χ0n) is 15.2. The summed E-state index contributed by atoms with van der Waals surface area (Å²) in [5, 5.41) is 11.6. The number of ether oxygens (including phenoxy) is 2. The van der Waals surface area contributed by atoms with Gasteiger partial charge in [0.05, 0.1) is 31.4 Å². The molecule has 0 aliphatic rings. The molecule has 1 heterocycles. The van der Waals surface area contributed by atoms with Crippen molar-refractivity contribution in [3.8, 4) is 45.3 Å². The lowest BCUT2D eigenvalue weighted by Gasteiger charge is -2.16.